The molecule has 0 radical (unpaired) electrons. The molecule has 20 heavy (non-hydrogen) atoms. The molecule has 0 saturated heterocycles. The van der Waals surface area contributed by atoms with Crippen LogP contribution in [0.15, 0.2) is 23.1 Å². The Bertz CT molecular complexity index is 530. The van der Waals surface area contributed by atoms with Gasteiger partial charge in [-0.15, -0.1) is 11.8 Å². The molecule has 1 aliphatic carbocycles. The minimum atomic E-state index is -0.679. The van der Waals surface area contributed by atoms with Crippen LogP contribution in [-0.4, -0.2) is 17.2 Å². The molecule has 1 fully saturated rings. The van der Waals surface area contributed by atoms with Gasteiger partial charge >= 0.3 is 0 Å². The first-order valence-corrected chi connectivity index (χ1v) is 8.09. The molecule has 3 nitrogen and oxygen atoms in total. The van der Waals surface area contributed by atoms with E-state index in [-0.39, 0.29) is 11.7 Å². The highest BCUT2D eigenvalue weighted by atomic mass is 35.5. The van der Waals surface area contributed by atoms with Crippen LogP contribution in [-0.2, 0) is 4.79 Å². The molecule has 0 bridgehead atoms. The number of hydrogen-bond acceptors (Lipinski definition) is 3. The Morgan fingerprint density at radius 2 is 1.95 bits per heavy atom. The summed E-state index contributed by atoms with van der Waals surface area (Å²) in [7, 11) is 0. The number of nitriles is 1. The number of nitrogens with one attached hydrogen (secondary N) is 1. The SMILES string of the molecule is N#CC1(NC(=O)CSc2c(Cl)cccc2Cl)CCCC1. The van der Waals surface area contributed by atoms with Gasteiger partial charge in [0.2, 0.25) is 5.91 Å². The molecule has 0 heterocycles. The van der Waals surface area contributed by atoms with Crippen LogP contribution >= 0.6 is 35.0 Å². The van der Waals surface area contributed by atoms with E-state index in [9.17, 15) is 10.1 Å². The number of benzene rings is 1. The van der Waals surface area contributed by atoms with E-state index in [2.05, 4.69) is 11.4 Å². The second kappa shape index (κ2) is 6.71. The maximum atomic E-state index is 12.0. The topological polar surface area (TPSA) is 52.9 Å². The van der Waals surface area contributed by atoms with Gasteiger partial charge in [0.15, 0.2) is 0 Å². The van der Waals surface area contributed by atoms with Crippen molar-refractivity contribution in [1.29, 1.82) is 5.26 Å². The lowest BCUT2D eigenvalue weighted by molar-refractivity contribution is -0.119. The van der Waals surface area contributed by atoms with Gasteiger partial charge in [0.1, 0.15) is 5.54 Å². The van der Waals surface area contributed by atoms with E-state index in [0.717, 1.165) is 25.7 Å². The third kappa shape index (κ3) is 3.60. The van der Waals surface area contributed by atoms with E-state index in [1.165, 1.54) is 11.8 Å². The Morgan fingerprint density at radius 3 is 2.50 bits per heavy atom. The number of rotatable bonds is 4. The average molecular weight is 329 g/mol. The zero-order valence-corrected chi connectivity index (χ0v) is 13.1. The van der Waals surface area contributed by atoms with Crippen LogP contribution in [0.4, 0.5) is 0 Å². The molecule has 1 aromatic carbocycles. The van der Waals surface area contributed by atoms with Crippen LogP contribution in [0, 0.1) is 11.3 Å². The van der Waals surface area contributed by atoms with Gasteiger partial charge in [0.05, 0.1) is 21.9 Å². The van der Waals surface area contributed by atoms with Crippen molar-refractivity contribution in [1.82, 2.24) is 5.32 Å². The third-order valence-electron chi connectivity index (χ3n) is 3.32. The van der Waals surface area contributed by atoms with Crippen molar-refractivity contribution in [3.05, 3.63) is 28.2 Å². The smallest absolute Gasteiger partial charge is 0.231 e. The number of carbonyl (C=O) groups excluding carboxylic acids is 1. The lowest BCUT2D eigenvalue weighted by Gasteiger charge is -2.21. The number of amides is 1. The van der Waals surface area contributed by atoms with Gasteiger partial charge in [0.25, 0.3) is 0 Å². The van der Waals surface area contributed by atoms with Crippen molar-refractivity contribution >= 4 is 40.9 Å². The summed E-state index contributed by atoms with van der Waals surface area (Å²) in [5.74, 6) is 0.0433. The van der Waals surface area contributed by atoms with Crippen molar-refractivity contribution in [3.8, 4) is 6.07 Å². The maximum absolute atomic E-state index is 12.0. The van der Waals surface area contributed by atoms with Crippen LogP contribution in [0.2, 0.25) is 10.0 Å². The minimum absolute atomic E-state index is 0.158. The van der Waals surface area contributed by atoms with Gasteiger partial charge in [-0.1, -0.05) is 29.3 Å². The first kappa shape index (κ1) is 15.5. The van der Waals surface area contributed by atoms with Gasteiger partial charge in [-0.25, -0.2) is 0 Å². The number of hydrogen-bond donors (Lipinski definition) is 1. The van der Waals surface area contributed by atoms with Crippen molar-refractivity contribution in [2.24, 2.45) is 0 Å². The molecule has 1 aromatic rings. The van der Waals surface area contributed by atoms with Crippen molar-refractivity contribution < 1.29 is 4.79 Å². The molecule has 1 saturated carbocycles. The molecule has 6 heteroatoms. The van der Waals surface area contributed by atoms with Gasteiger partial charge in [0, 0.05) is 4.90 Å². The predicted molar refractivity (Wildman–Crippen MR) is 82.1 cm³/mol. The highest BCUT2D eigenvalue weighted by Gasteiger charge is 2.35. The summed E-state index contributed by atoms with van der Waals surface area (Å²) < 4.78 is 0. The molecule has 106 valence electrons. The molecule has 0 spiro atoms. The molecule has 0 unspecified atom stereocenters. The van der Waals surface area contributed by atoms with E-state index < -0.39 is 5.54 Å². The zero-order chi connectivity index (χ0) is 14.6. The van der Waals surface area contributed by atoms with E-state index in [1.54, 1.807) is 18.2 Å². The summed E-state index contributed by atoms with van der Waals surface area (Å²) in [5.41, 5.74) is -0.679. The van der Waals surface area contributed by atoms with E-state index in [4.69, 9.17) is 23.2 Å². The number of carbonyl (C=O) groups is 1. The second-order valence-corrected chi connectivity index (χ2v) is 6.59. The number of thioether (sulfide) groups is 1. The quantitative estimate of drug-likeness (QED) is 0.848. The molecule has 1 N–H and O–H groups in total. The average Bonchev–Trinajstić information content (AvgIpc) is 2.87. The van der Waals surface area contributed by atoms with Crippen LogP contribution in [0.5, 0.6) is 0 Å². The minimum Gasteiger partial charge on any atom is -0.337 e. The lowest BCUT2D eigenvalue weighted by Crippen LogP contribution is -2.45. The van der Waals surface area contributed by atoms with Crippen LogP contribution in [0.3, 0.4) is 0 Å². The fraction of sp³-hybridized carbons (Fsp3) is 0.429. The molecule has 0 aliphatic heterocycles. The molecule has 0 aromatic heterocycles. The van der Waals surface area contributed by atoms with Gasteiger partial charge in [-0.05, 0) is 37.8 Å². The highest BCUT2D eigenvalue weighted by Crippen LogP contribution is 2.34. The molecule has 2 rings (SSSR count). The molecule has 1 aliphatic rings. The van der Waals surface area contributed by atoms with Crippen LogP contribution in [0.1, 0.15) is 25.7 Å². The van der Waals surface area contributed by atoms with Gasteiger partial charge in [-0.2, -0.15) is 5.26 Å². The molecular formula is C14H14Cl2N2OS. The molecule has 1 amide bonds. The lowest BCUT2D eigenvalue weighted by atomic mass is 10.0. The second-order valence-electron chi connectivity index (χ2n) is 4.79. The highest BCUT2D eigenvalue weighted by molar-refractivity contribution is 8.00. The summed E-state index contributed by atoms with van der Waals surface area (Å²) in [4.78, 5) is 12.7. The Labute approximate surface area is 132 Å². The van der Waals surface area contributed by atoms with E-state index in [0.29, 0.717) is 14.9 Å². The first-order chi connectivity index (χ1) is 9.56. The molecular weight excluding hydrogens is 315 g/mol. The van der Waals surface area contributed by atoms with E-state index >= 15 is 0 Å². The Morgan fingerprint density at radius 1 is 1.35 bits per heavy atom. The summed E-state index contributed by atoms with van der Waals surface area (Å²) in [6.07, 6.45) is 3.42. The van der Waals surface area contributed by atoms with Crippen molar-refractivity contribution in [2.45, 2.75) is 36.1 Å². The normalized spacial score (nSPS) is 16.6. The number of nitrogens with zero attached hydrogens (tertiary/aromatic N) is 1. The zero-order valence-electron chi connectivity index (χ0n) is 10.8. The summed E-state index contributed by atoms with van der Waals surface area (Å²) in [5, 5.41) is 13.1. The van der Waals surface area contributed by atoms with E-state index in [1.807, 2.05) is 0 Å². The van der Waals surface area contributed by atoms with Crippen molar-refractivity contribution in [3.63, 3.8) is 0 Å². The summed E-state index contributed by atoms with van der Waals surface area (Å²) in [6.45, 7) is 0. The standard InChI is InChI=1S/C14H14Cl2N2OS/c15-10-4-3-5-11(16)13(10)20-8-12(19)18-14(9-17)6-1-2-7-14/h3-5H,1-2,6-8H2,(H,18,19). The Kier molecular flexibility index (Phi) is 5.20. The fourth-order valence-corrected chi connectivity index (χ4v) is 3.79. The largest absolute Gasteiger partial charge is 0.337 e. The summed E-state index contributed by atoms with van der Waals surface area (Å²) >= 11 is 13.4. The summed E-state index contributed by atoms with van der Waals surface area (Å²) in [6, 6.07) is 7.47. The Balaban J connectivity index is 1.94. The molecule has 0 atom stereocenters. The number of halogens is 2. The van der Waals surface area contributed by atoms with Gasteiger partial charge in [-0.3, -0.25) is 4.79 Å². The first-order valence-electron chi connectivity index (χ1n) is 6.35. The monoisotopic (exact) mass is 328 g/mol. The third-order valence-corrected chi connectivity index (χ3v) is 5.31. The fourth-order valence-electron chi connectivity index (χ4n) is 2.30. The Hall–Kier alpha value is -0.890. The van der Waals surface area contributed by atoms with Crippen molar-refractivity contribution in [2.75, 3.05) is 5.75 Å². The van der Waals surface area contributed by atoms with Gasteiger partial charge < -0.3 is 5.32 Å². The maximum Gasteiger partial charge on any atom is 0.231 e. The van der Waals surface area contributed by atoms with Crippen LogP contribution in [0.25, 0.3) is 0 Å². The van der Waals surface area contributed by atoms with Crippen LogP contribution < -0.4 is 5.32 Å². The predicted octanol–water partition coefficient (Wildman–Crippen LogP) is 4.04.